The molecule has 2 N–H and O–H groups in total. The molecule has 0 saturated heterocycles. The van der Waals surface area contributed by atoms with Gasteiger partial charge in [0.2, 0.25) is 0 Å². The molecule has 0 aliphatic heterocycles. The number of unbranched alkanes of at least 4 members (excludes halogenated alkanes) is 1. The zero-order chi connectivity index (χ0) is 13.5. The molecule has 0 amide bonds. The Bertz CT molecular complexity index is 340. The first kappa shape index (κ1) is 15.2. The Morgan fingerprint density at radius 2 is 1.72 bits per heavy atom. The lowest BCUT2D eigenvalue weighted by molar-refractivity contribution is 0.266. The van der Waals surface area contributed by atoms with Crippen molar-refractivity contribution in [3.05, 3.63) is 34.9 Å². The lowest BCUT2D eigenvalue weighted by Crippen LogP contribution is -2.33. The fraction of sp³-hybridized carbons (Fsp3) is 0.625. The number of benzene rings is 1. The first-order valence-electron chi connectivity index (χ1n) is 7.13. The van der Waals surface area contributed by atoms with Gasteiger partial charge in [-0.25, -0.2) is 0 Å². The summed E-state index contributed by atoms with van der Waals surface area (Å²) < 4.78 is 0. The molecular formula is C16H28N2. The van der Waals surface area contributed by atoms with Crippen LogP contribution in [0.3, 0.4) is 0 Å². The summed E-state index contributed by atoms with van der Waals surface area (Å²) in [5.74, 6) is 0. The third kappa shape index (κ3) is 4.79. The molecule has 102 valence electrons. The van der Waals surface area contributed by atoms with Gasteiger partial charge in [0.25, 0.3) is 0 Å². The minimum atomic E-state index is 0.125. The largest absolute Gasteiger partial charge is 0.323 e. The van der Waals surface area contributed by atoms with Crippen molar-refractivity contribution >= 4 is 0 Å². The first-order chi connectivity index (χ1) is 8.56. The highest BCUT2D eigenvalue weighted by Crippen LogP contribution is 2.16. The van der Waals surface area contributed by atoms with E-state index in [1.807, 2.05) is 0 Å². The monoisotopic (exact) mass is 248 g/mol. The summed E-state index contributed by atoms with van der Waals surface area (Å²) in [7, 11) is 0. The molecular weight excluding hydrogens is 220 g/mol. The Labute approximate surface area is 112 Å². The van der Waals surface area contributed by atoms with Gasteiger partial charge in [0, 0.05) is 12.6 Å². The van der Waals surface area contributed by atoms with Crippen LogP contribution >= 0.6 is 0 Å². The van der Waals surface area contributed by atoms with E-state index in [2.05, 4.69) is 50.8 Å². The normalized spacial score (nSPS) is 13.0. The third-order valence-corrected chi connectivity index (χ3v) is 3.40. The second kappa shape index (κ2) is 7.55. The van der Waals surface area contributed by atoms with E-state index >= 15 is 0 Å². The zero-order valence-corrected chi connectivity index (χ0v) is 12.4. The quantitative estimate of drug-likeness (QED) is 0.801. The van der Waals surface area contributed by atoms with E-state index in [4.69, 9.17) is 5.73 Å². The van der Waals surface area contributed by atoms with Gasteiger partial charge in [-0.3, -0.25) is 0 Å². The molecule has 0 saturated carbocycles. The number of hydrogen-bond donors (Lipinski definition) is 1. The van der Waals surface area contributed by atoms with Crippen molar-refractivity contribution in [1.29, 1.82) is 0 Å². The average Bonchev–Trinajstić information content (AvgIpc) is 2.32. The molecule has 2 nitrogen and oxygen atoms in total. The van der Waals surface area contributed by atoms with E-state index in [1.54, 1.807) is 0 Å². The fourth-order valence-corrected chi connectivity index (χ4v) is 2.37. The van der Waals surface area contributed by atoms with Gasteiger partial charge in [0.05, 0.1) is 0 Å². The Morgan fingerprint density at radius 3 is 2.22 bits per heavy atom. The Balaban J connectivity index is 2.65. The summed E-state index contributed by atoms with van der Waals surface area (Å²) in [5.41, 5.74) is 10.2. The highest BCUT2D eigenvalue weighted by Gasteiger charge is 2.11. The lowest BCUT2D eigenvalue weighted by Gasteiger charge is -2.24. The summed E-state index contributed by atoms with van der Waals surface area (Å²) in [6.07, 6.45) is 2.50. The van der Waals surface area contributed by atoms with Crippen molar-refractivity contribution < 1.29 is 0 Å². The second-order valence-corrected chi connectivity index (χ2v) is 5.27. The zero-order valence-electron chi connectivity index (χ0n) is 12.4. The van der Waals surface area contributed by atoms with Crippen LogP contribution in [0.5, 0.6) is 0 Å². The standard InChI is InChI=1S/C16H28N2/c1-5-7-8-18(6-2)12-16(17)15-10-13(3)9-14(4)11-15/h9-11,16H,5-8,12,17H2,1-4H3. The van der Waals surface area contributed by atoms with Crippen LogP contribution in [0.2, 0.25) is 0 Å². The number of nitrogens with two attached hydrogens (primary N) is 1. The molecule has 18 heavy (non-hydrogen) atoms. The van der Waals surface area contributed by atoms with Crippen molar-refractivity contribution in [3.8, 4) is 0 Å². The van der Waals surface area contributed by atoms with E-state index in [0.717, 1.165) is 19.6 Å². The Morgan fingerprint density at radius 1 is 1.11 bits per heavy atom. The molecule has 1 unspecified atom stereocenters. The predicted molar refractivity (Wildman–Crippen MR) is 79.9 cm³/mol. The van der Waals surface area contributed by atoms with E-state index in [1.165, 1.54) is 29.5 Å². The molecule has 1 rings (SSSR count). The van der Waals surface area contributed by atoms with E-state index in [-0.39, 0.29) is 6.04 Å². The predicted octanol–water partition coefficient (Wildman–Crippen LogP) is 3.43. The number of hydrogen-bond acceptors (Lipinski definition) is 2. The molecule has 1 aromatic rings. The molecule has 0 spiro atoms. The highest BCUT2D eigenvalue weighted by atomic mass is 15.1. The second-order valence-electron chi connectivity index (χ2n) is 5.27. The van der Waals surface area contributed by atoms with Crippen LogP contribution < -0.4 is 5.73 Å². The van der Waals surface area contributed by atoms with E-state index < -0.39 is 0 Å². The van der Waals surface area contributed by atoms with Crippen LogP contribution in [-0.2, 0) is 0 Å². The van der Waals surface area contributed by atoms with Crippen LogP contribution in [0.25, 0.3) is 0 Å². The third-order valence-electron chi connectivity index (χ3n) is 3.40. The smallest absolute Gasteiger partial charge is 0.0424 e. The number of aryl methyl sites for hydroxylation is 2. The van der Waals surface area contributed by atoms with E-state index in [9.17, 15) is 0 Å². The summed E-state index contributed by atoms with van der Waals surface area (Å²) >= 11 is 0. The molecule has 0 heterocycles. The first-order valence-corrected chi connectivity index (χ1v) is 7.13. The van der Waals surface area contributed by atoms with Crippen LogP contribution in [0.1, 0.15) is 49.4 Å². The molecule has 0 radical (unpaired) electrons. The molecule has 0 bridgehead atoms. The van der Waals surface area contributed by atoms with E-state index in [0.29, 0.717) is 0 Å². The Kier molecular flexibility index (Phi) is 6.37. The summed E-state index contributed by atoms with van der Waals surface area (Å²) in [4.78, 5) is 2.45. The van der Waals surface area contributed by atoms with Crippen LogP contribution in [0, 0.1) is 13.8 Å². The van der Waals surface area contributed by atoms with Crippen molar-refractivity contribution in [3.63, 3.8) is 0 Å². The Hall–Kier alpha value is -0.860. The van der Waals surface area contributed by atoms with Gasteiger partial charge in [-0.05, 0) is 38.9 Å². The van der Waals surface area contributed by atoms with Crippen molar-refractivity contribution in [1.82, 2.24) is 4.90 Å². The number of rotatable bonds is 7. The van der Waals surface area contributed by atoms with Gasteiger partial charge in [-0.15, -0.1) is 0 Å². The van der Waals surface area contributed by atoms with Crippen molar-refractivity contribution in [2.24, 2.45) is 5.73 Å². The van der Waals surface area contributed by atoms with Crippen LogP contribution in [-0.4, -0.2) is 24.5 Å². The van der Waals surface area contributed by atoms with Crippen LogP contribution in [0.15, 0.2) is 18.2 Å². The SMILES string of the molecule is CCCCN(CC)CC(N)c1cc(C)cc(C)c1. The van der Waals surface area contributed by atoms with Gasteiger partial charge < -0.3 is 10.6 Å². The maximum absolute atomic E-state index is 6.34. The minimum Gasteiger partial charge on any atom is -0.323 e. The van der Waals surface area contributed by atoms with Gasteiger partial charge in [0.15, 0.2) is 0 Å². The number of nitrogens with zero attached hydrogens (tertiary/aromatic N) is 1. The molecule has 2 heteroatoms. The van der Waals surface area contributed by atoms with Crippen molar-refractivity contribution in [2.45, 2.75) is 46.6 Å². The van der Waals surface area contributed by atoms with Gasteiger partial charge in [-0.1, -0.05) is 49.6 Å². The fourth-order valence-electron chi connectivity index (χ4n) is 2.37. The summed E-state index contributed by atoms with van der Waals surface area (Å²) in [6.45, 7) is 11.9. The molecule has 0 fully saturated rings. The van der Waals surface area contributed by atoms with Crippen LogP contribution in [0.4, 0.5) is 0 Å². The highest BCUT2D eigenvalue weighted by molar-refractivity contribution is 5.30. The van der Waals surface area contributed by atoms with Crippen molar-refractivity contribution in [2.75, 3.05) is 19.6 Å². The molecule has 0 aliphatic rings. The topological polar surface area (TPSA) is 29.3 Å². The number of likely N-dealkylation sites (N-methyl/N-ethyl adjacent to an activating group) is 1. The molecule has 0 aromatic heterocycles. The maximum Gasteiger partial charge on any atom is 0.0424 e. The maximum atomic E-state index is 6.34. The molecule has 1 atom stereocenters. The lowest BCUT2D eigenvalue weighted by atomic mass is 10.0. The minimum absolute atomic E-state index is 0.125. The molecule has 1 aromatic carbocycles. The van der Waals surface area contributed by atoms with Gasteiger partial charge >= 0.3 is 0 Å². The van der Waals surface area contributed by atoms with Gasteiger partial charge in [0.1, 0.15) is 0 Å². The van der Waals surface area contributed by atoms with Gasteiger partial charge in [-0.2, -0.15) is 0 Å². The summed E-state index contributed by atoms with van der Waals surface area (Å²) in [5, 5.41) is 0. The summed E-state index contributed by atoms with van der Waals surface area (Å²) in [6, 6.07) is 6.75. The average molecular weight is 248 g/mol. The molecule has 0 aliphatic carbocycles.